The molecule has 2 aliphatic rings. The topological polar surface area (TPSA) is 160 Å². The maximum atomic E-state index is 13.0. The lowest BCUT2D eigenvalue weighted by Gasteiger charge is -2.28. The Hall–Kier alpha value is -4.74. The molecular formula is C31H36N8O3. The Morgan fingerprint density at radius 2 is 1.95 bits per heavy atom. The lowest BCUT2D eigenvalue weighted by atomic mass is 10.0. The Kier molecular flexibility index (Phi) is 9.10. The molecule has 218 valence electrons. The van der Waals surface area contributed by atoms with E-state index < -0.39 is 6.09 Å². The molecule has 42 heavy (non-hydrogen) atoms. The van der Waals surface area contributed by atoms with Crippen molar-refractivity contribution < 1.29 is 14.3 Å². The number of aliphatic imine (C=N–C) groups is 1. The van der Waals surface area contributed by atoms with Crippen LogP contribution in [-0.2, 0) is 6.54 Å². The predicted molar refractivity (Wildman–Crippen MR) is 164 cm³/mol. The van der Waals surface area contributed by atoms with Gasteiger partial charge >= 0.3 is 6.09 Å². The van der Waals surface area contributed by atoms with Gasteiger partial charge in [-0.3, -0.25) is 9.79 Å². The fourth-order valence-electron chi connectivity index (χ4n) is 4.89. The molecule has 1 aromatic heterocycles. The predicted octanol–water partition coefficient (Wildman–Crippen LogP) is 2.40. The fourth-order valence-corrected chi connectivity index (χ4v) is 4.89. The number of nitrogens with one attached hydrogen (secondary N) is 3. The molecule has 2 aromatic carbocycles. The fraction of sp³-hybridized carbons (Fsp3) is 0.290. The number of allylic oxidation sites excluding steroid dienone is 1. The zero-order valence-electron chi connectivity index (χ0n) is 23.5. The molecule has 7 N–H and O–H groups in total. The first-order valence-electron chi connectivity index (χ1n) is 13.9. The first kappa shape index (κ1) is 28.8. The number of nitrogens with zero attached hydrogens (tertiary/aromatic N) is 3. The molecule has 2 aliphatic heterocycles. The summed E-state index contributed by atoms with van der Waals surface area (Å²) in [4.78, 5) is 35.7. The number of nitrogen functional groups attached to an aromatic ring is 1. The molecule has 11 nitrogen and oxygen atoms in total. The van der Waals surface area contributed by atoms with Gasteiger partial charge in [0, 0.05) is 81.6 Å². The summed E-state index contributed by atoms with van der Waals surface area (Å²) in [6, 6.07) is 17.8. The van der Waals surface area contributed by atoms with Crippen LogP contribution in [-0.4, -0.2) is 73.4 Å². The average molecular weight is 569 g/mol. The number of carbonyl (C=O) groups is 2. The van der Waals surface area contributed by atoms with Crippen LogP contribution in [0.25, 0.3) is 16.7 Å². The van der Waals surface area contributed by atoms with E-state index in [4.69, 9.17) is 16.2 Å². The molecule has 0 radical (unpaired) electrons. The van der Waals surface area contributed by atoms with Crippen molar-refractivity contribution in [2.75, 3.05) is 39.0 Å². The largest absolute Gasteiger partial charge is 0.415 e. The number of aromatic nitrogens is 1. The highest BCUT2D eigenvalue weighted by atomic mass is 16.6. The molecule has 0 aliphatic carbocycles. The molecular weight excluding hydrogens is 532 g/mol. The normalized spacial score (nSPS) is 17.3. The summed E-state index contributed by atoms with van der Waals surface area (Å²) in [6.45, 7) is 3.64. The van der Waals surface area contributed by atoms with Gasteiger partial charge in [-0.1, -0.05) is 36.4 Å². The zero-order chi connectivity index (χ0) is 29.5. The van der Waals surface area contributed by atoms with Crippen LogP contribution in [0.5, 0.6) is 5.75 Å². The second-order valence-electron chi connectivity index (χ2n) is 10.4. The summed E-state index contributed by atoms with van der Waals surface area (Å²) in [6.07, 6.45) is 4.63. The Balaban J connectivity index is 1.16. The smallest absolute Gasteiger partial charge is 0.410 e. The van der Waals surface area contributed by atoms with Gasteiger partial charge in [0.2, 0.25) is 0 Å². The highest BCUT2D eigenvalue weighted by Crippen LogP contribution is 2.25. The number of anilines is 1. The van der Waals surface area contributed by atoms with E-state index in [2.05, 4.69) is 50.2 Å². The van der Waals surface area contributed by atoms with E-state index >= 15 is 0 Å². The van der Waals surface area contributed by atoms with Crippen LogP contribution in [0, 0.1) is 0 Å². The number of rotatable bonds is 9. The number of carbonyl (C=O) groups excluding carboxylic acids is 2. The van der Waals surface area contributed by atoms with E-state index in [9.17, 15) is 9.59 Å². The third kappa shape index (κ3) is 6.93. The summed E-state index contributed by atoms with van der Waals surface area (Å²) in [5.41, 5.74) is 16.4. The highest BCUT2D eigenvalue weighted by molar-refractivity contribution is 6.10. The van der Waals surface area contributed by atoms with Gasteiger partial charge in [0.1, 0.15) is 11.6 Å². The quantitative estimate of drug-likeness (QED) is 0.246. The molecule has 2 fully saturated rings. The summed E-state index contributed by atoms with van der Waals surface area (Å²) >= 11 is 0. The molecule has 0 bridgehead atoms. The standard InChI is InChI=1S/C31H36N8O3/c1-34-15-24(13-32)23-12-28(29(33)37-16-23)30(40)38-25-9-10-39(19-25)31(41)42-27-4-2-3-22(11-27)21-7-5-20(6-8-21)14-36-26-17-35-18-26/h2-8,11-13,15-16,25-26,35-36H,9-10,14,17-19,32H2,1H3,(H2,33,37)(H,38,40). The molecule has 0 saturated carbocycles. The number of hydrogen-bond donors (Lipinski definition) is 5. The SMILES string of the molecule is CN=CC(=CN)c1cnc(N)c(C(=O)NC2CCN(C(=O)Oc3cccc(-c4ccc(CNC5CNC5)cc4)c3)C2)c1. The van der Waals surface area contributed by atoms with Crippen LogP contribution in [0.1, 0.15) is 27.9 Å². The van der Waals surface area contributed by atoms with Crippen molar-refractivity contribution >= 4 is 29.6 Å². The second kappa shape index (κ2) is 13.3. The van der Waals surface area contributed by atoms with Crippen molar-refractivity contribution in [3.63, 3.8) is 0 Å². The van der Waals surface area contributed by atoms with Gasteiger partial charge < -0.3 is 37.1 Å². The molecule has 0 spiro atoms. The van der Waals surface area contributed by atoms with Crippen molar-refractivity contribution in [3.8, 4) is 16.9 Å². The van der Waals surface area contributed by atoms with Crippen molar-refractivity contribution in [1.29, 1.82) is 0 Å². The van der Waals surface area contributed by atoms with Crippen LogP contribution < -0.4 is 32.2 Å². The van der Waals surface area contributed by atoms with Crippen molar-refractivity contribution in [2.24, 2.45) is 10.7 Å². The van der Waals surface area contributed by atoms with Crippen molar-refractivity contribution in [2.45, 2.75) is 25.0 Å². The van der Waals surface area contributed by atoms with Crippen molar-refractivity contribution in [3.05, 3.63) is 83.7 Å². The molecule has 3 heterocycles. The maximum Gasteiger partial charge on any atom is 0.415 e. The van der Waals surface area contributed by atoms with Gasteiger partial charge in [-0.05, 0) is 41.3 Å². The molecule has 1 atom stereocenters. The molecule has 3 aromatic rings. The highest BCUT2D eigenvalue weighted by Gasteiger charge is 2.29. The Morgan fingerprint density at radius 3 is 2.67 bits per heavy atom. The van der Waals surface area contributed by atoms with E-state index in [1.54, 1.807) is 30.3 Å². The van der Waals surface area contributed by atoms with E-state index in [0.717, 1.165) is 30.8 Å². The monoisotopic (exact) mass is 568 g/mol. The zero-order valence-corrected chi connectivity index (χ0v) is 23.5. The minimum atomic E-state index is -0.462. The molecule has 11 heteroatoms. The number of pyridine rings is 1. The number of hydrogen-bond acceptors (Lipinski definition) is 9. The summed E-state index contributed by atoms with van der Waals surface area (Å²) in [5, 5.41) is 9.74. The Bertz CT molecular complexity index is 1480. The van der Waals surface area contributed by atoms with Crippen LogP contribution in [0.3, 0.4) is 0 Å². The number of benzene rings is 2. The number of likely N-dealkylation sites (tertiary alicyclic amines) is 1. The maximum absolute atomic E-state index is 13.0. The van der Waals surface area contributed by atoms with E-state index in [0.29, 0.717) is 42.4 Å². The first-order valence-corrected chi connectivity index (χ1v) is 13.9. The third-order valence-corrected chi connectivity index (χ3v) is 7.43. The Morgan fingerprint density at radius 1 is 1.14 bits per heavy atom. The summed E-state index contributed by atoms with van der Waals surface area (Å²) in [7, 11) is 1.63. The second-order valence-corrected chi connectivity index (χ2v) is 10.4. The lowest BCUT2D eigenvalue weighted by molar-refractivity contribution is 0.0937. The van der Waals surface area contributed by atoms with Crippen LogP contribution in [0.2, 0.25) is 0 Å². The average Bonchev–Trinajstić information content (AvgIpc) is 3.44. The van der Waals surface area contributed by atoms with E-state index in [1.165, 1.54) is 18.0 Å². The number of amides is 2. The van der Waals surface area contributed by atoms with Crippen LogP contribution in [0.15, 0.2) is 72.0 Å². The van der Waals surface area contributed by atoms with E-state index in [1.807, 2.05) is 18.2 Å². The van der Waals surface area contributed by atoms with Crippen LogP contribution >= 0.6 is 0 Å². The minimum Gasteiger partial charge on any atom is -0.410 e. The molecule has 2 saturated heterocycles. The van der Waals surface area contributed by atoms with Gasteiger partial charge in [0.15, 0.2) is 0 Å². The van der Waals surface area contributed by atoms with Gasteiger partial charge in [0.05, 0.1) is 5.56 Å². The lowest BCUT2D eigenvalue weighted by Crippen LogP contribution is -2.54. The van der Waals surface area contributed by atoms with Gasteiger partial charge in [-0.2, -0.15) is 0 Å². The summed E-state index contributed by atoms with van der Waals surface area (Å²) in [5.74, 6) is 0.192. The first-order chi connectivity index (χ1) is 20.4. The number of nitrogens with two attached hydrogens (primary N) is 2. The van der Waals surface area contributed by atoms with Gasteiger partial charge in [-0.25, -0.2) is 9.78 Å². The van der Waals surface area contributed by atoms with Crippen molar-refractivity contribution in [1.82, 2.24) is 25.8 Å². The molecule has 5 rings (SSSR count). The van der Waals surface area contributed by atoms with Gasteiger partial charge in [-0.15, -0.1) is 0 Å². The summed E-state index contributed by atoms with van der Waals surface area (Å²) < 4.78 is 5.70. The Labute approximate surface area is 245 Å². The molecule has 1 unspecified atom stereocenters. The van der Waals surface area contributed by atoms with E-state index in [-0.39, 0.29) is 23.3 Å². The third-order valence-electron chi connectivity index (χ3n) is 7.43. The van der Waals surface area contributed by atoms with Crippen LogP contribution in [0.4, 0.5) is 10.6 Å². The van der Waals surface area contributed by atoms with Gasteiger partial charge in [0.25, 0.3) is 5.91 Å². The number of ether oxygens (including phenoxy) is 1. The molecule has 2 amide bonds. The minimum absolute atomic E-state index is 0.104.